The minimum absolute atomic E-state index is 0.180. The number of nitrogens with one attached hydrogen (secondary N) is 1. The highest BCUT2D eigenvalue weighted by atomic mass is 79.9. The number of pyridine rings is 1. The number of thiophene rings is 1. The van der Waals surface area contributed by atoms with Gasteiger partial charge in [-0.2, -0.15) is 0 Å². The third-order valence-electron chi connectivity index (χ3n) is 5.17. The summed E-state index contributed by atoms with van der Waals surface area (Å²) in [6.07, 6.45) is 1.52. The summed E-state index contributed by atoms with van der Waals surface area (Å²) in [5, 5.41) is 3.79. The SMILES string of the molecule is Cc1cc(C)c2c(n1)sc1c(=O)n(-c3cccc(C(=O)Nc4ccc(Br)cc4)c3)cnc12. The van der Waals surface area contributed by atoms with Gasteiger partial charge in [0.05, 0.1) is 11.2 Å². The van der Waals surface area contributed by atoms with E-state index in [9.17, 15) is 9.59 Å². The van der Waals surface area contributed by atoms with E-state index in [0.717, 1.165) is 25.9 Å². The molecule has 0 fully saturated rings. The Kier molecular flexibility index (Phi) is 5.11. The summed E-state index contributed by atoms with van der Waals surface area (Å²) in [6.45, 7) is 3.94. The van der Waals surface area contributed by atoms with Crippen LogP contribution >= 0.6 is 27.3 Å². The van der Waals surface area contributed by atoms with Gasteiger partial charge in [0.25, 0.3) is 11.5 Å². The molecule has 5 aromatic rings. The summed E-state index contributed by atoms with van der Waals surface area (Å²) in [6, 6.07) is 16.3. The Morgan fingerprint density at radius 2 is 1.88 bits per heavy atom. The Balaban J connectivity index is 1.55. The fourth-order valence-electron chi connectivity index (χ4n) is 3.69. The van der Waals surface area contributed by atoms with Crippen molar-refractivity contribution in [1.82, 2.24) is 14.5 Å². The molecule has 0 aliphatic heterocycles. The van der Waals surface area contributed by atoms with Crippen molar-refractivity contribution in [2.45, 2.75) is 13.8 Å². The number of hydrogen-bond acceptors (Lipinski definition) is 5. The summed E-state index contributed by atoms with van der Waals surface area (Å²) in [7, 11) is 0. The van der Waals surface area contributed by atoms with Gasteiger partial charge in [0.15, 0.2) is 0 Å². The second-order valence-corrected chi connectivity index (χ2v) is 9.39. The summed E-state index contributed by atoms with van der Waals surface area (Å²) >= 11 is 4.73. The van der Waals surface area contributed by atoms with Crippen LogP contribution in [0.4, 0.5) is 5.69 Å². The van der Waals surface area contributed by atoms with Crippen LogP contribution in [-0.2, 0) is 0 Å². The summed E-state index contributed by atoms with van der Waals surface area (Å²) in [5.41, 5.74) is 4.16. The van der Waals surface area contributed by atoms with E-state index >= 15 is 0 Å². The van der Waals surface area contributed by atoms with Crippen LogP contribution in [0.15, 0.2) is 70.2 Å². The molecule has 0 atom stereocenters. The van der Waals surface area contributed by atoms with E-state index in [0.29, 0.717) is 27.2 Å². The number of carbonyl (C=O) groups excluding carboxylic acids is 1. The van der Waals surface area contributed by atoms with Crippen LogP contribution in [0.1, 0.15) is 21.6 Å². The molecule has 8 heteroatoms. The van der Waals surface area contributed by atoms with Crippen molar-refractivity contribution in [1.29, 1.82) is 0 Å². The molecule has 3 aromatic heterocycles. The van der Waals surface area contributed by atoms with Crippen molar-refractivity contribution >= 4 is 59.3 Å². The number of hydrogen-bond donors (Lipinski definition) is 1. The Morgan fingerprint density at radius 3 is 2.66 bits per heavy atom. The van der Waals surface area contributed by atoms with Crippen molar-refractivity contribution < 1.29 is 4.79 Å². The van der Waals surface area contributed by atoms with Crippen molar-refractivity contribution in [3.63, 3.8) is 0 Å². The predicted molar refractivity (Wildman–Crippen MR) is 132 cm³/mol. The van der Waals surface area contributed by atoms with Crippen molar-refractivity contribution in [3.05, 3.63) is 92.6 Å². The van der Waals surface area contributed by atoms with Crippen LogP contribution in [0.2, 0.25) is 0 Å². The molecule has 0 saturated carbocycles. The highest BCUT2D eigenvalue weighted by molar-refractivity contribution is 9.10. The molecule has 0 radical (unpaired) electrons. The lowest BCUT2D eigenvalue weighted by Crippen LogP contribution is -2.19. The quantitative estimate of drug-likeness (QED) is 0.345. The van der Waals surface area contributed by atoms with E-state index in [1.807, 2.05) is 44.2 Å². The van der Waals surface area contributed by atoms with Gasteiger partial charge in [0.2, 0.25) is 0 Å². The molecule has 1 amide bonds. The monoisotopic (exact) mass is 504 g/mol. The highest BCUT2D eigenvalue weighted by Gasteiger charge is 2.16. The van der Waals surface area contributed by atoms with Crippen LogP contribution in [0.5, 0.6) is 0 Å². The third kappa shape index (κ3) is 3.61. The number of halogens is 1. The molecule has 2 aromatic carbocycles. The lowest BCUT2D eigenvalue weighted by Gasteiger charge is -2.09. The molecule has 5 rings (SSSR count). The number of anilines is 1. The Bertz CT molecular complexity index is 1570. The number of carbonyl (C=O) groups is 1. The molecule has 1 N–H and O–H groups in total. The van der Waals surface area contributed by atoms with Gasteiger partial charge in [0.1, 0.15) is 15.9 Å². The smallest absolute Gasteiger partial charge is 0.275 e. The minimum atomic E-state index is -0.256. The van der Waals surface area contributed by atoms with E-state index in [4.69, 9.17) is 0 Å². The zero-order valence-electron chi connectivity index (χ0n) is 17.2. The standard InChI is InChI=1S/C24H17BrN4O2S/c1-13-10-14(2)27-23-19(13)20-21(32-23)24(31)29(12-26-20)18-5-3-4-15(11-18)22(30)28-17-8-6-16(25)7-9-17/h3-12H,1-2H3,(H,28,30). The fraction of sp³-hybridized carbons (Fsp3) is 0.0833. The summed E-state index contributed by atoms with van der Waals surface area (Å²) in [5.74, 6) is -0.256. The van der Waals surface area contributed by atoms with Crippen LogP contribution in [0, 0.1) is 13.8 Å². The number of aromatic nitrogens is 3. The van der Waals surface area contributed by atoms with Crippen molar-refractivity contribution in [2.24, 2.45) is 0 Å². The van der Waals surface area contributed by atoms with Gasteiger partial charge in [-0.05, 0) is 67.9 Å². The van der Waals surface area contributed by atoms with E-state index in [-0.39, 0.29) is 11.5 Å². The van der Waals surface area contributed by atoms with Crippen molar-refractivity contribution in [3.8, 4) is 5.69 Å². The Morgan fingerprint density at radius 1 is 1.09 bits per heavy atom. The second kappa shape index (κ2) is 7.96. The van der Waals surface area contributed by atoms with Crippen LogP contribution in [0.3, 0.4) is 0 Å². The zero-order valence-corrected chi connectivity index (χ0v) is 19.6. The first-order valence-corrected chi connectivity index (χ1v) is 11.5. The topological polar surface area (TPSA) is 76.9 Å². The maximum Gasteiger partial charge on any atom is 0.275 e. The first-order chi connectivity index (χ1) is 15.4. The van der Waals surface area contributed by atoms with Gasteiger partial charge in [-0.3, -0.25) is 14.2 Å². The zero-order chi connectivity index (χ0) is 22.4. The first kappa shape index (κ1) is 20.5. The number of benzene rings is 2. The Labute approximate surface area is 195 Å². The second-order valence-electron chi connectivity index (χ2n) is 7.47. The molecule has 0 aliphatic carbocycles. The average molecular weight is 505 g/mol. The molecular formula is C24H17BrN4O2S. The number of aryl methyl sites for hydroxylation is 2. The van der Waals surface area contributed by atoms with Gasteiger partial charge in [-0.15, -0.1) is 11.3 Å². The highest BCUT2D eigenvalue weighted by Crippen LogP contribution is 2.32. The molecule has 6 nitrogen and oxygen atoms in total. The minimum Gasteiger partial charge on any atom is -0.322 e. The van der Waals surface area contributed by atoms with Crippen LogP contribution in [0.25, 0.3) is 26.1 Å². The number of amides is 1. The average Bonchev–Trinajstić information content (AvgIpc) is 3.15. The fourth-order valence-corrected chi connectivity index (χ4v) is 5.13. The van der Waals surface area contributed by atoms with Gasteiger partial charge in [-0.25, -0.2) is 9.97 Å². The maximum atomic E-state index is 13.3. The number of rotatable bonds is 3. The van der Waals surface area contributed by atoms with Gasteiger partial charge in [-0.1, -0.05) is 22.0 Å². The molecule has 0 bridgehead atoms. The van der Waals surface area contributed by atoms with Crippen LogP contribution in [-0.4, -0.2) is 20.4 Å². The summed E-state index contributed by atoms with van der Waals surface area (Å²) in [4.78, 5) is 36.0. The molecule has 158 valence electrons. The molecule has 0 aliphatic rings. The Hall–Kier alpha value is -3.36. The normalized spacial score (nSPS) is 11.2. The molecule has 0 saturated heterocycles. The lowest BCUT2D eigenvalue weighted by molar-refractivity contribution is 0.102. The van der Waals surface area contributed by atoms with Crippen LogP contribution < -0.4 is 10.9 Å². The summed E-state index contributed by atoms with van der Waals surface area (Å²) < 4.78 is 2.95. The van der Waals surface area contributed by atoms with Gasteiger partial charge in [0, 0.05) is 26.8 Å². The number of nitrogens with zero attached hydrogens (tertiary/aromatic N) is 3. The lowest BCUT2D eigenvalue weighted by atomic mass is 10.1. The molecule has 0 unspecified atom stereocenters. The van der Waals surface area contributed by atoms with Crippen molar-refractivity contribution in [2.75, 3.05) is 5.32 Å². The molecular weight excluding hydrogens is 488 g/mol. The number of fused-ring (bicyclic) bond motifs is 3. The molecule has 0 spiro atoms. The van der Waals surface area contributed by atoms with E-state index in [1.165, 1.54) is 22.2 Å². The molecule has 3 heterocycles. The van der Waals surface area contributed by atoms with E-state index in [1.54, 1.807) is 24.3 Å². The third-order valence-corrected chi connectivity index (χ3v) is 6.76. The predicted octanol–water partition coefficient (Wildman–Crippen LogP) is 5.63. The van der Waals surface area contributed by atoms with E-state index in [2.05, 4.69) is 31.2 Å². The first-order valence-electron chi connectivity index (χ1n) is 9.86. The maximum absolute atomic E-state index is 13.3. The van der Waals surface area contributed by atoms with Gasteiger partial charge < -0.3 is 5.32 Å². The van der Waals surface area contributed by atoms with E-state index < -0.39 is 0 Å². The van der Waals surface area contributed by atoms with Gasteiger partial charge >= 0.3 is 0 Å². The largest absolute Gasteiger partial charge is 0.322 e. The molecule has 32 heavy (non-hydrogen) atoms.